The van der Waals surface area contributed by atoms with Crippen molar-refractivity contribution >= 4 is 29.8 Å². The second-order valence-electron chi connectivity index (χ2n) is 1.11. The first-order valence-corrected chi connectivity index (χ1v) is 3.58. The van der Waals surface area contributed by atoms with Gasteiger partial charge in [-0.25, -0.2) is 0 Å². The highest BCUT2D eigenvalue weighted by Gasteiger charge is 1.91. The van der Waals surface area contributed by atoms with Gasteiger partial charge in [-0.2, -0.15) is 0 Å². The third kappa shape index (κ3) is 4.42. The summed E-state index contributed by atoms with van der Waals surface area (Å²) in [6, 6.07) is 0.104. The van der Waals surface area contributed by atoms with Gasteiger partial charge in [-0.05, 0) is 0 Å². The second-order valence-corrected chi connectivity index (χ2v) is 3.34. The van der Waals surface area contributed by atoms with Gasteiger partial charge in [0.2, 0.25) is 0 Å². The van der Waals surface area contributed by atoms with Crippen LogP contribution in [0.1, 0.15) is 0 Å². The van der Waals surface area contributed by atoms with Crippen molar-refractivity contribution in [3.63, 3.8) is 0 Å². The van der Waals surface area contributed by atoms with Crippen molar-refractivity contribution in [2.24, 2.45) is 0 Å². The first-order valence-electron chi connectivity index (χ1n) is 1.46. The Balaban J connectivity index is 3.48. The van der Waals surface area contributed by atoms with Crippen LogP contribution in [0.4, 0.5) is 0 Å². The monoisotopic (exact) mass is 93.0 g/mol. The molecule has 6 radical (unpaired) electrons. The summed E-state index contributed by atoms with van der Waals surface area (Å²) in [5, 5.41) is 6.72. The molecule has 0 aliphatic heterocycles. The van der Waals surface area contributed by atoms with Crippen LogP contribution in [0.25, 0.3) is 0 Å². The van der Waals surface area contributed by atoms with Crippen molar-refractivity contribution in [2.75, 3.05) is 6.06 Å². The summed E-state index contributed by atoms with van der Waals surface area (Å²) < 4.78 is 0. The van der Waals surface area contributed by atoms with Crippen molar-refractivity contribution in [1.29, 1.82) is 5.16 Å². The molecule has 0 amide bonds. The highest BCUT2D eigenvalue weighted by molar-refractivity contribution is 8.07. The Morgan fingerprint density at radius 2 is 1.67 bits per heavy atom. The SMILES string of the molecule is [B]CP([B])([B])=N. The summed E-state index contributed by atoms with van der Waals surface area (Å²) in [6.07, 6.45) is 0. The number of rotatable bonds is 1. The molecule has 5 heteroatoms. The number of nitrogens with one attached hydrogen (secondary N) is 1. The van der Waals surface area contributed by atoms with Gasteiger partial charge in [0.15, 0.2) is 0 Å². The fourth-order valence-corrected chi connectivity index (χ4v) is 0. The molecule has 0 aliphatic carbocycles. The molecule has 0 heterocycles. The maximum atomic E-state index is 6.72. The van der Waals surface area contributed by atoms with E-state index in [1.807, 2.05) is 0 Å². The predicted octanol–water partition coefficient (Wildman–Crippen LogP) is 0.0594. The second kappa shape index (κ2) is 1.93. The van der Waals surface area contributed by atoms with Crippen LogP contribution in [0.3, 0.4) is 0 Å². The Labute approximate surface area is 41.9 Å². The molecular weight excluding hydrogens is 89.4 g/mol. The molecule has 0 bridgehead atoms. The average molecular weight is 92.5 g/mol. The lowest BCUT2D eigenvalue weighted by atomic mass is 10.2. The summed E-state index contributed by atoms with van der Waals surface area (Å²) in [7, 11) is 14.8. The van der Waals surface area contributed by atoms with E-state index in [2.05, 4.69) is 0 Å². The molecule has 0 atom stereocenters. The smallest absolute Gasteiger partial charge is 0.119 e. The molecule has 1 nitrogen and oxygen atoms in total. The van der Waals surface area contributed by atoms with Crippen molar-refractivity contribution < 1.29 is 0 Å². The fourth-order valence-electron chi connectivity index (χ4n) is 0. The molecule has 0 rings (SSSR count). The van der Waals surface area contributed by atoms with E-state index in [9.17, 15) is 0 Å². The summed E-state index contributed by atoms with van der Waals surface area (Å²) in [4.78, 5) is 0. The molecule has 0 fully saturated rings. The van der Waals surface area contributed by atoms with Gasteiger partial charge in [-0.1, -0.05) is 6.06 Å². The fraction of sp³-hybridized carbons (Fsp3) is 1.00. The van der Waals surface area contributed by atoms with Crippen molar-refractivity contribution in [3.05, 3.63) is 0 Å². The van der Waals surface area contributed by atoms with E-state index in [1.54, 1.807) is 0 Å². The van der Waals surface area contributed by atoms with E-state index in [1.165, 1.54) is 0 Å². The molecular formula is CH3B3NP. The summed E-state index contributed by atoms with van der Waals surface area (Å²) in [6.45, 7) is -2.37. The molecule has 26 valence electrons. The van der Waals surface area contributed by atoms with E-state index in [0.717, 1.165) is 0 Å². The zero-order valence-corrected chi connectivity index (χ0v) is 4.28. The van der Waals surface area contributed by atoms with Gasteiger partial charge >= 0.3 is 0 Å². The Morgan fingerprint density at radius 3 is 1.67 bits per heavy atom. The van der Waals surface area contributed by atoms with E-state index >= 15 is 0 Å². The van der Waals surface area contributed by atoms with Gasteiger partial charge < -0.3 is 5.16 Å². The van der Waals surface area contributed by atoms with Crippen LogP contribution < -0.4 is 0 Å². The Bertz CT molecular complexity index is 74.9. The van der Waals surface area contributed by atoms with Crippen molar-refractivity contribution in [1.82, 2.24) is 0 Å². The highest BCUT2D eigenvalue weighted by atomic mass is 31.2. The van der Waals surface area contributed by atoms with Crippen LogP contribution in [-0.2, 0) is 0 Å². The first kappa shape index (κ1) is 6.42. The standard InChI is InChI=1S/CH3B3NP/c2-1-6(3,4)5/h5H,1H2. The van der Waals surface area contributed by atoms with Crippen LogP contribution in [-0.4, -0.2) is 29.0 Å². The molecule has 0 unspecified atom stereocenters. The minimum atomic E-state index is -2.37. The van der Waals surface area contributed by atoms with E-state index in [-0.39, 0.29) is 6.06 Å². The number of hydrogen-bond acceptors (Lipinski definition) is 1. The highest BCUT2D eigenvalue weighted by Crippen LogP contribution is 2.30. The first-order chi connectivity index (χ1) is 2.56. The molecule has 1 N–H and O–H groups in total. The van der Waals surface area contributed by atoms with Gasteiger partial charge in [0, 0.05) is 0 Å². The molecule has 0 aromatic carbocycles. The van der Waals surface area contributed by atoms with Gasteiger partial charge in [0.1, 0.15) is 15.1 Å². The van der Waals surface area contributed by atoms with E-state index in [0.29, 0.717) is 0 Å². The Kier molecular flexibility index (Phi) is 2.06. The zero-order chi connectivity index (χ0) is 5.21. The lowest BCUT2D eigenvalue weighted by Crippen LogP contribution is -1.83. The van der Waals surface area contributed by atoms with Crippen LogP contribution in [0.15, 0.2) is 0 Å². The normalized spacial score (nSPS) is 11.3. The largest absolute Gasteiger partial charge is 0.339 e. The van der Waals surface area contributed by atoms with Gasteiger partial charge in [-0.3, -0.25) is 0 Å². The lowest BCUT2D eigenvalue weighted by Gasteiger charge is -2.03. The maximum Gasteiger partial charge on any atom is 0.119 e. The van der Waals surface area contributed by atoms with Gasteiger partial charge in [0.25, 0.3) is 0 Å². The van der Waals surface area contributed by atoms with Crippen LogP contribution >= 0.6 is 6.81 Å². The molecule has 0 aliphatic rings. The molecule has 0 spiro atoms. The third-order valence-corrected chi connectivity index (χ3v) is 0.906. The molecule has 0 saturated carbocycles. The van der Waals surface area contributed by atoms with Crippen LogP contribution in [0, 0.1) is 5.16 Å². The summed E-state index contributed by atoms with van der Waals surface area (Å²) in [5.41, 5.74) is 0. The summed E-state index contributed by atoms with van der Waals surface area (Å²) >= 11 is 0. The van der Waals surface area contributed by atoms with Gasteiger partial charge in [0.05, 0.1) is 7.85 Å². The minimum Gasteiger partial charge on any atom is -0.339 e. The zero-order valence-electron chi connectivity index (χ0n) is 3.39. The number of hydrogen-bond donors (Lipinski definition) is 1. The van der Waals surface area contributed by atoms with Crippen molar-refractivity contribution in [3.8, 4) is 0 Å². The molecule has 6 heavy (non-hydrogen) atoms. The predicted molar refractivity (Wildman–Crippen MR) is 31.8 cm³/mol. The third-order valence-electron chi connectivity index (χ3n) is 0.302. The molecule has 0 saturated heterocycles. The minimum absolute atomic E-state index is 0.104. The van der Waals surface area contributed by atoms with E-state index in [4.69, 9.17) is 28.1 Å². The Hall–Kier alpha value is 0.425. The average Bonchev–Trinajstić information content (AvgIpc) is 1.35. The summed E-state index contributed by atoms with van der Waals surface area (Å²) in [5.74, 6) is 0. The molecule has 0 aromatic rings. The Morgan fingerprint density at radius 1 is 1.50 bits per heavy atom. The molecule has 0 aromatic heterocycles. The van der Waals surface area contributed by atoms with Crippen LogP contribution in [0.5, 0.6) is 0 Å². The van der Waals surface area contributed by atoms with Crippen molar-refractivity contribution in [2.45, 2.75) is 0 Å². The lowest BCUT2D eigenvalue weighted by molar-refractivity contribution is 1.62. The topological polar surface area (TPSA) is 23.9 Å². The maximum absolute atomic E-state index is 6.72. The van der Waals surface area contributed by atoms with E-state index < -0.39 is 6.81 Å². The quantitative estimate of drug-likeness (QED) is 0.349. The van der Waals surface area contributed by atoms with Crippen LogP contribution in [0.2, 0.25) is 0 Å². The van der Waals surface area contributed by atoms with Gasteiger partial charge in [-0.15, -0.1) is 6.81 Å².